The summed E-state index contributed by atoms with van der Waals surface area (Å²) in [6.07, 6.45) is 13.3. The lowest BCUT2D eigenvalue weighted by atomic mass is 9.98. The van der Waals surface area contributed by atoms with Crippen molar-refractivity contribution in [1.82, 2.24) is 29.9 Å². The average Bonchev–Trinajstić information content (AvgIpc) is 3.14. The van der Waals surface area contributed by atoms with E-state index >= 15 is 0 Å². The number of carbonyl (C=O) groups is 3. The Balaban J connectivity index is 1.51. The highest BCUT2D eigenvalue weighted by Gasteiger charge is 2.34. The van der Waals surface area contributed by atoms with Crippen molar-refractivity contribution in [2.45, 2.75) is 44.8 Å². The second-order valence-corrected chi connectivity index (χ2v) is 11.3. The maximum Gasteiger partial charge on any atom is 0.339 e. The number of ketones is 1. The molecule has 0 saturated carbocycles. The van der Waals surface area contributed by atoms with Crippen LogP contribution in [0.5, 0.6) is 0 Å². The molecule has 5 rings (SSSR count). The summed E-state index contributed by atoms with van der Waals surface area (Å²) in [4.78, 5) is 56.3. The molecule has 0 aliphatic carbocycles. The molecule has 47 heavy (non-hydrogen) atoms. The third kappa shape index (κ3) is 9.17. The van der Waals surface area contributed by atoms with Crippen molar-refractivity contribution >= 4 is 17.7 Å². The Morgan fingerprint density at radius 1 is 0.574 bits per heavy atom. The summed E-state index contributed by atoms with van der Waals surface area (Å²) in [5.74, 6) is -1.49. The summed E-state index contributed by atoms with van der Waals surface area (Å²) >= 11 is 0. The number of amides is 3. The van der Waals surface area contributed by atoms with E-state index in [1.165, 1.54) is 12.1 Å². The first-order valence-electron chi connectivity index (χ1n) is 15.7. The molecule has 9 nitrogen and oxygen atoms in total. The number of hydrazine groups is 1. The van der Waals surface area contributed by atoms with E-state index in [4.69, 9.17) is 0 Å². The monoisotopic (exact) mass is 626 g/mol. The summed E-state index contributed by atoms with van der Waals surface area (Å²) in [5, 5.41) is 2.54. The number of pyridine rings is 3. The summed E-state index contributed by atoms with van der Waals surface area (Å²) in [5.41, 5.74) is 4.22. The SMILES string of the molecule is CN(C(=O)C(=O)c1ccccc1)N(Cc1ccccc1)C(=O)N(Cc1ccncc1)C(CCc1ccncc1)CCc1ccncc1. The first-order valence-corrected chi connectivity index (χ1v) is 15.7. The smallest absolute Gasteiger partial charge is 0.316 e. The van der Waals surface area contributed by atoms with Crippen LogP contribution in [0.25, 0.3) is 0 Å². The Labute approximate surface area is 275 Å². The molecule has 9 heteroatoms. The van der Waals surface area contributed by atoms with Gasteiger partial charge in [-0.2, -0.15) is 0 Å². The van der Waals surface area contributed by atoms with Gasteiger partial charge in [0, 0.05) is 62.4 Å². The van der Waals surface area contributed by atoms with E-state index in [2.05, 4.69) is 15.0 Å². The number of benzene rings is 2. The fourth-order valence-electron chi connectivity index (χ4n) is 5.44. The lowest BCUT2D eigenvalue weighted by molar-refractivity contribution is -0.137. The highest BCUT2D eigenvalue weighted by Crippen LogP contribution is 2.23. The minimum atomic E-state index is -0.797. The molecule has 0 saturated heterocycles. The van der Waals surface area contributed by atoms with E-state index in [1.807, 2.05) is 71.6 Å². The van der Waals surface area contributed by atoms with Crippen LogP contribution in [0.1, 0.15) is 45.5 Å². The van der Waals surface area contributed by atoms with Gasteiger partial charge in [0.2, 0.25) is 0 Å². The van der Waals surface area contributed by atoms with E-state index in [0.29, 0.717) is 19.4 Å². The molecule has 0 radical (unpaired) electrons. The zero-order chi connectivity index (χ0) is 32.8. The van der Waals surface area contributed by atoms with Crippen molar-refractivity contribution in [3.8, 4) is 0 Å². The van der Waals surface area contributed by atoms with Crippen molar-refractivity contribution < 1.29 is 14.4 Å². The van der Waals surface area contributed by atoms with Gasteiger partial charge in [0.15, 0.2) is 0 Å². The standard InChI is InChI=1S/C38H38N6O3/c1-42(37(46)36(45)34-10-6-3-7-11-34)44(29-32-8-4-2-5-9-32)38(47)43(28-33-20-26-41-27-21-33)35(14-12-30-16-22-39-23-17-30)15-13-31-18-24-40-25-19-31/h2-11,16-27,35H,12-15,28-29H2,1H3. The highest BCUT2D eigenvalue weighted by atomic mass is 16.2. The molecule has 5 aromatic rings. The molecule has 2 aromatic carbocycles. The highest BCUT2D eigenvalue weighted by molar-refractivity contribution is 6.42. The number of carbonyl (C=O) groups excluding carboxylic acids is 3. The van der Waals surface area contributed by atoms with Crippen LogP contribution in [0, 0.1) is 0 Å². The molecule has 0 spiro atoms. The Hall–Kier alpha value is -5.70. The predicted molar refractivity (Wildman–Crippen MR) is 180 cm³/mol. The molecule has 0 atom stereocenters. The molecular weight excluding hydrogens is 588 g/mol. The van der Waals surface area contributed by atoms with Gasteiger partial charge in [-0.1, -0.05) is 60.7 Å². The van der Waals surface area contributed by atoms with E-state index < -0.39 is 11.7 Å². The summed E-state index contributed by atoms with van der Waals surface area (Å²) in [6.45, 7) is 0.386. The Morgan fingerprint density at radius 2 is 1.02 bits per heavy atom. The molecule has 3 aromatic heterocycles. The Morgan fingerprint density at radius 3 is 1.53 bits per heavy atom. The second kappa shape index (κ2) is 16.6. The maximum atomic E-state index is 14.9. The van der Waals surface area contributed by atoms with Crippen LogP contribution in [0.2, 0.25) is 0 Å². The summed E-state index contributed by atoms with van der Waals surface area (Å²) < 4.78 is 0. The number of Topliss-reactive ketones (excluding diaryl/α,β-unsaturated/α-hetero) is 1. The van der Waals surface area contributed by atoms with E-state index in [-0.39, 0.29) is 24.2 Å². The molecule has 3 heterocycles. The van der Waals surface area contributed by atoms with Crippen LogP contribution in [0.15, 0.2) is 134 Å². The molecule has 0 N–H and O–H groups in total. The molecule has 0 aliphatic heterocycles. The molecule has 0 bridgehead atoms. The Bertz CT molecular complexity index is 1660. The number of likely N-dealkylation sites (N-methyl/N-ethyl adjacent to an activating group) is 1. The van der Waals surface area contributed by atoms with E-state index in [1.54, 1.807) is 67.5 Å². The van der Waals surface area contributed by atoms with Crippen LogP contribution < -0.4 is 0 Å². The lowest BCUT2D eigenvalue weighted by Gasteiger charge is -2.39. The van der Waals surface area contributed by atoms with Gasteiger partial charge in [-0.15, -0.1) is 0 Å². The van der Waals surface area contributed by atoms with Crippen molar-refractivity contribution in [1.29, 1.82) is 0 Å². The first kappa shape index (κ1) is 32.7. The molecule has 3 amide bonds. The Kier molecular flexibility index (Phi) is 11.5. The van der Waals surface area contributed by atoms with E-state index in [0.717, 1.165) is 40.1 Å². The van der Waals surface area contributed by atoms with Gasteiger partial charge < -0.3 is 4.90 Å². The fourth-order valence-corrected chi connectivity index (χ4v) is 5.44. The van der Waals surface area contributed by atoms with E-state index in [9.17, 15) is 14.4 Å². The minimum absolute atomic E-state index is 0.0955. The van der Waals surface area contributed by atoms with Crippen LogP contribution in [-0.4, -0.2) is 60.7 Å². The van der Waals surface area contributed by atoms with Gasteiger partial charge in [0.25, 0.3) is 5.78 Å². The van der Waals surface area contributed by atoms with Crippen LogP contribution in [-0.2, 0) is 30.7 Å². The van der Waals surface area contributed by atoms with Gasteiger partial charge in [-0.05, 0) is 84.3 Å². The quantitative estimate of drug-likeness (QED) is 0.0879. The molecular formula is C38H38N6O3. The zero-order valence-corrected chi connectivity index (χ0v) is 26.4. The number of hydrogen-bond donors (Lipinski definition) is 0. The maximum absolute atomic E-state index is 14.9. The van der Waals surface area contributed by atoms with Crippen molar-refractivity contribution in [2.75, 3.05) is 7.05 Å². The third-order valence-electron chi connectivity index (χ3n) is 8.10. The minimum Gasteiger partial charge on any atom is -0.316 e. The molecule has 0 unspecified atom stereocenters. The van der Waals surface area contributed by atoms with Crippen molar-refractivity contribution in [2.24, 2.45) is 0 Å². The van der Waals surface area contributed by atoms with Crippen LogP contribution >= 0.6 is 0 Å². The normalized spacial score (nSPS) is 10.8. The van der Waals surface area contributed by atoms with Gasteiger partial charge >= 0.3 is 11.9 Å². The average molecular weight is 627 g/mol. The first-order chi connectivity index (χ1) is 23.0. The summed E-state index contributed by atoms with van der Waals surface area (Å²) in [6, 6.07) is 29.0. The molecule has 0 aliphatic rings. The van der Waals surface area contributed by atoms with Gasteiger partial charge in [0.05, 0.1) is 6.54 Å². The topological polar surface area (TPSA) is 99.6 Å². The van der Waals surface area contributed by atoms with Crippen molar-refractivity contribution in [3.63, 3.8) is 0 Å². The number of aromatic nitrogens is 3. The van der Waals surface area contributed by atoms with Gasteiger partial charge in [0.1, 0.15) is 0 Å². The summed E-state index contributed by atoms with van der Waals surface area (Å²) in [7, 11) is 1.48. The largest absolute Gasteiger partial charge is 0.339 e. The number of urea groups is 1. The van der Waals surface area contributed by atoms with Crippen molar-refractivity contribution in [3.05, 3.63) is 162 Å². The molecule has 238 valence electrons. The number of aryl methyl sites for hydroxylation is 2. The predicted octanol–water partition coefficient (Wildman–Crippen LogP) is 6.19. The zero-order valence-electron chi connectivity index (χ0n) is 26.4. The number of nitrogens with zero attached hydrogens (tertiary/aromatic N) is 6. The van der Waals surface area contributed by atoms with Crippen LogP contribution in [0.3, 0.4) is 0 Å². The van der Waals surface area contributed by atoms with Crippen LogP contribution in [0.4, 0.5) is 4.79 Å². The fraction of sp³-hybridized carbons (Fsp3) is 0.211. The lowest BCUT2D eigenvalue weighted by Crippen LogP contribution is -2.55. The number of hydrogen-bond acceptors (Lipinski definition) is 6. The van der Waals surface area contributed by atoms with Gasteiger partial charge in [-0.25, -0.2) is 14.8 Å². The molecule has 0 fully saturated rings. The third-order valence-corrected chi connectivity index (χ3v) is 8.10. The van der Waals surface area contributed by atoms with Gasteiger partial charge in [-0.3, -0.25) is 24.5 Å². The number of rotatable bonds is 13. The second-order valence-electron chi connectivity index (χ2n) is 11.3.